The van der Waals surface area contributed by atoms with Crippen molar-refractivity contribution in [3.63, 3.8) is 0 Å². The number of hydrogen-bond acceptors (Lipinski definition) is 1. The second-order valence-electron chi connectivity index (χ2n) is 3.41. The Labute approximate surface area is 115 Å². The van der Waals surface area contributed by atoms with Crippen molar-refractivity contribution in [2.75, 3.05) is 0 Å². The summed E-state index contributed by atoms with van der Waals surface area (Å²) in [7, 11) is 0. The third-order valence-corrected chi connectivity index (χ3v) is 2.85. The van der Waals surface area contributed by atoms with Gasteiger partial charge in [-0.05, 0) is 35.9 Å². The van der Waals surface area contributed by atoms with Crippen LogP contribution >= 0.6 is 34.8 Å². The highest BCUT2D eigenvalue weighted by atomic mass is 35.5. The molecule has 0 saturated carbocycles. The van der Waals surface area contributed by atoms with Crippen LogP contribution in [0.15, 0.2) is 47.5 Å². The lowest BCUT2D eigenvalue weighted by Crippen LogP contribution is -1.81. The van der Waals surface area contributed by atoms with Gasteiger partial charge in [0.1, 0.15) is 0 Å². The maximum absolute atomic E-state index is 5.99. The summed E-state index contributed by atoms with van der Waals surface area (Å²) in [6.07, 6.45) is 1.68. The monoisotopic (exact) mass is 283 g/mol. The van der Waals surface area contributed by atoms with Gasteiger partial charge in [0.05, 0.1) is 10.7 Å². The first-order valence-electron chi connectivity index (χ1n) is 4.90. The van der Waals surface area contributed by atoms with Gasteiger partial charge in [0.15, 0.2) is 0 Å². The van der Waals surface area contributed by atoms with Crippen molar-refractivity contribution in [3.8, 4) is 0 Å². The lowest BCUT2D eigenvalue weighted by atomic mass is 10.2. The van der Waals surface area contributed by atoms with Crippen LogP contribution in [0.4, 0.5) is 5.69 Å². The molecule has 1 nitrogen and oxygen atoms in total. The quantitative estimate of drug-likeness (QED) is 0.655. The molecule has 4 heteroatoms. The van der Waals surface area contributed by atoms with Crippen LogP contribution in [0.25, 0.3) is 0 Å². The van der Waals surface area contributed by atoms with Gasteiger partial charge in [-0.2, -0.15) is 0 Å². The van der Waals surface area contributed by atoms with Gasteiger partial charge in [0.25, 0.3) is 0 Å². The van der Waals surface area contributed by atoms with Crippen LogP contribution < -0.4 is 0 Å². The molecule has 0 aliphatic rings. The van der Waals surface area contributed by atoms with Crippen molar-refractivity contribution in [1.82, 2.24) is 0 Å². The van der Waals surface area contributed by atoms with Crippen molar-refractivity contribution < 1.29 is 0 Å². The van der Waals surface area contributed by atoms with Gasteiger partial charge in [-0.15, -0.1) is 0 Å². The van der Waals surface area contributed by atoms with Crippen molar-refractivity contribution in [3.05, 3.63) is 63.1 Å². The van der Waals surface area contributed by atoms with Crippen molar-refractivity contribution >= 4 is 46.7 Å². The minimum Gasteiger partial charge on any atom is -0.255 e. The largest absolute Gasteiger partial charge is 0.255 e. The van der Waals surface area contributed by atoms with Crippen molar-refractivity contribution in [2.45, 2.75) is 0 Å². The Bertz CT molecular complexity index is 544. The topological polar surface area (TPSA) is 12.4 Å². The number of nitrogens with zero attached hydrogens (tertiary/aromatic N) is 1. The zero-order chi connectivity index (χ0) is 12.3. The molecule has 2 aromatic rings. The molecule has 0 fully saturated rings. The van der Waals surface area contributed by atoms with E-state index in [-0.39, 0.29) is 0 Å². The zero-order valence-corrected chi connectivity index (χ0v) is 11.0. The number of benzene rings is 2. The van der Waals surface area contributed by atoms with E-state index in [1.165, 1.54) is 0 Å². The fourth-order valence-electron chi connectivity index (χ4n) is 1.35. The van der Waals surface area contributed by atoms with Crippen LogP contribution in [0.3, 0.4) is 0 Å². The van der Waals surface area contributed by atoms with Gasteiger partial charge >= 0.3 is 0 Å². The summed E-state index contributed by atoms with van der Waals surface area (Å²) in [5, 5.41) is 1.77. The maximum atomic E-state index is 5.99. The van der Waals surface area contributed by atoms with E-state index in [1.54, 1.807) is 30.5 Å². The lowest BCUT2D eigenvalue weighted by molar-refractivity contribution is 1.52. The van der Waals surface area contributed by atoms with E-state index in [2.05, 4.69) is 4.99 Å². The molecule has 0 amide bonds. The summed E-state index contributed by atoms with van der Waals surface area (Å²) in [4.78, 5) is 4.28. The second-order valence-corrected chi connectivity index (χ2v) is 4.69. The van der Waals surface area contributed by atoms with Crippen LogP contribution in [0, 0.1) is 0 Å². The van der Waals surface area contributed by atoms with Crippen LogP contribution in [0.2, 0.25) is 15.1 Å². The minimum absolute atomic E-state index is 0.582. The maximum Gasteiger partial charge on any atom is 0.0816 e. The molecule has 0 radical (unpaired) electrons. The van der Waals surface area contributed by atoms with E-state index in [4.69, 9.17) is 34.8 Å². The molecule has 0 aliphatic heterocycles. The fraction of sp³-hybridized carbons (Fsp3) is 0. The highest BCUT2D eigenvalue weighted by Gasteiger charge is 1.97. The average Bonchev–Trinajstić information content (AvgIpc) is 2.27. The third kappa shape index (κ3) is 3.47. The average molecular weight is 285 g/mol. The van der Waals surface area contributed by atoms with Gasteiger partial charge in [0, 0.05) is 16.3 Å². The molecule has 0 atom stereocenters. The molecule has 0 spiro atoms. The molecule has 0 N–H and O–H groups in total. The van der Waals surface area contributed by atoms with Crippen molar-refractivity contribution in [1.29, 1.82) is 0 Å². The van der Waals surface area contributed by atoms with E-state index < -0.39 is 0 Å². The molecule has 0 unspecified atom stereocenters. The Hall–Kier alpha value is -1.02. The zero-order valence-electron chi connectivity index (χ0n) is 8.70. The second kappa shape index (κ2) is 5.54. The number of halogens is 3. The Morgan fingerprint density at radius 3 is 2.18 bits per heavy atom. The van der Waals surface area contributed by atoms with E-state index in [0.717, 1.165) is 5.56 Å². The van der Waals surface area contributed by atoms with Gasteiger partial charge in [-0.3, -0.25) is 4.99 Å². The Morgan fingerprint density at radius 2 is 1.53 bits per heavy atom. The first-order chi connectivity index (χ1) is 8.15. The summed E-state index contributed by atoms with van der Waals surface area (Å²) in [5.74, 6) is 0. The van der Waals surface area contributed by atoms with Crippen LogP contribution in [-0.4, -0.2) is 6.21 Å². The lowest BCUT2D eigenvalue weighted by Gasteiger charge is -1.98. The molecule has 2 aromatic carbocycles. The minimum atomic E-state index is 0.582. The van der Waals surface area contributed by atoms with Crippen LogP contribution in [-0.2, 0) is 0 Å². The normalized spacial score (nSPS) is 11.0. The van der Waals surface area contributed by atoms with E-state index in [9.17, 15) is 0 Å². The number of para-hydroxylation sites is 1. The van der Waals surface area contributed by atoms with E-state index in [1.807, 2.05) is 18.2 Å². The molecule has 0 bridgehead atoms. The molecular weight excluding hydrogens is 277 g/mol. The molecule has 86 valence electrons. The first kappa shape index (κ1) is 12.4. The first-order valence-corrected chi connectivity index (χ1v) is 6.03. The predicted molar refractivity (Wildman–Crippen MR) is 75.2 cm³/mol. The number of hydrogen-bond donors (Lipinski definition) is 0. The van der Waals surface area contributed by atoms with Gasteiger partial charge in [-0.25, -0.2) is 0 Å². The van der Waals surface area contributed by atoms with Crippen molar-refractivity contribution in [2.24, 2.45) is 4.99 Å². The van der Waals surface area contributed by atoms with Gasteiger partial charge in [0.2, 0.25) is 0 Å². The standard InChI is InChI=1S/C13H8Cl3N/c14-10-5-9(6-11(15)7-10)8-17-13-4-2-1-3-12(13)16/h1-8H/b17-8+. The molecular formula is C13H8Cl3N. The van der Waals surface area contributed by atoms with Gasteiger partial charge in [-0.1, -0.05) is 46.9 Å². The summed E-state index contributed by atoms with van der Waals surface area (Å²) in [5.41, 5.74) is 1.55. The smallest absolute Gasteiger partial charge is 0.0816 e. The van der Waals surface area contributed by atoms with E-state index in [0.29, 0.717) is 20.8 Å². The molecule has 0 saturated heterocycles. The Morgan fingerprint density at radius 1 is 0.882 bits per heavy atom. The number of rotatable bonds is 2. The summed E-state index contributed by atoms with van der Waals surface area (Å²) in [6.45, 7) is 0. The molecule has 0 aliphatic carbocycles. The number of aliphatic imine (C=N–C) groups is 1. The Balaban J connectivity index is 2.29. The highest BCUT2D eigenvalue weighted by molar-refractivity contribution is 6.35. The van der Waals surface area contributed by atoms with Crippen LogP contribution in [0.1, 0.15) is 5.56 Å². The predicted octanol–water partition coefficient (Wildman–Crippen LogP) is 5.40. The van der Waals surface area contributed by atoms with Crippen LogP contribution in [0.5, 0.6) is 0 Å². The Kier molecular flexibility index (Phi) is 4.06. The summed E-state index contributed by atoms with van der Waals surface area (Å²) >= 11 is 17.8. The summed E-state index contributed by atoms with van der Waals surface area (Å²) in [6, 6.07) is 12.6. The SMILES string of the molecule is Clc1cc(Cl)cc(/C=N/c2ccccc2Cl)c1. The highest BCUT2D eigenvalue weighted by Crippen LogP contribution is 2.24. The fourth-order valence-corrected chi connectivity index (χ4v) is 2.08. The molecule has 17 heavy (non-hydrogen) atoms. The van der Waals surface area contributed by atoms with Gasteiger partial charge < -0.3 is 0 Å². The molecule has 0 heterocycles. The molecule has 0 aromatic heterocycles. The third-order valence-electron chi connectivity index (χ3n) is 2.09. The molecule has 2 rings (SSSR count). The summed E-state index contributed by atoms with van der Waals surface area (Å²) < 4.78 is 0. The van der Waals surface area contributed by atoms with E-state index >= 15 is 0 Å².